The van der Waals surface area contributed by atoms with Gasteiger partial charge in [-0.1, -0.05) is 12.8 Å². The van der Waals surface area contributed by atoms with Crippen molar-refractivity contribution in [2.45, 2.75) is 25.7 Å². The van der Waals surface area contributed by atoms with E-state index in [4.69, 9.17) is 0 Å². The van der Waals surface area contributed by atoms with Gasteiger partial charge in [-0.15, -0.1) is 0 Å². The molecule has 0 aromatic carbocycles. The van der Waals surface area contributed by atoms with Crippen molar-refractivity contribution >= 4 is 6.41 Å². The molecular weight excluding hydrogens is 152 g/mol. The minimum atomic E-state index is 0.776. The van der Waals surface area contributed by atoms with E-state index in [2.05, 4.69) is 10.2 Å². The lowest BCUT2D eigenvalue weighted by molar-refractivity contribution is -0.109. The second-order valence-corrected chi connectivity index (χ2v) is 3.33. The summed E-state index contributed by atoms with van der Waals surface area (Å²) in [6.45, 7) is 4.23. The minimum absolute atomic E-state index is 0.776. The standard InChI is InChI=1S/C9H18N2O/c12-9-10-5-8-11-6-3-1-2-4-7-11/h9H,1-8H2,(H,10,12). The van der Waals surface area contributed by atoms with Crippen LogP contribution in [0, 0.1) is 0 Å². The molecule has 12 heavy (non-hydrogen) atoms. The van der Waals surface area contributed by atoms with Crippen molar-refractivity contribution in [3.8, 4) is 0 Å². The molecule has 0 atom stereocenters. The predicted octanol–water partition coefficient (Wildman–Crippen LogP) is 0.608. The first-order chi connectivity index (χ1) is 5.93. The molecule has 0 spiro atoms. The molecule has 0 aromatic heterocycles. The van der Waals surface area contributed by atoms with Crippen molar-refractivity contribution in [2.24, 2.45) is 0 Å². The van der Waals surface area contributed by atoms with Crippen LogP contribution in [0.25, 0.3) is 0 Å². The maximum atomic E-state index is 9.98. The molecule has 0 aliphatic carbocycles. The molecule has 70 valence electrons. The average Bonchev–Trinajstić information content (AvgIpc) is 2.33. The highest BCUT2D eigenvalue weighted by Gasteiger charge is 2.07. The van der Waals surface area contributed by atoms with E-state index in [0.717, 1.165) is 19.5 Å². The van der Waals surface area contributed by atoms with Crippen LogP contribution in [0.4, 0.5) is 0 Å². The average molecular weight is 170 g/mol. The van der Waals surface area contributed by atoms with Crippen LogP contribution in [-0.4, -0.2) is 37.5 Å². The van der Waals surface area contributed by atoms with Crippen LogP contribution in [0.1, 0.15) is 25.7 Å². The monoisotopic (exact) mass is 170 g/mol. The van der Waals surface area contributed by atoms with Gasteiger partial charge in [0.25, 0.3) is 0 Å². The van der Waals surface area contributed by atoms with E-state index in [0.29, 0.717) is 0 Å². The van der Waals surface area contributed by atoms with Crippen LogP contribution in [0.5, 0.6) is 0 Å². The van der Waals surface area contributed by atoms with Crippen molar-refractivity contribution in [3.63, 3.8) is 0 Å². The maximum absolute atomic E-state index is 9.98. The summed E-state index contributed by atoms with van der Waals surface area (Å²) in [5.74, 6) is 0. The normalized spacial score (nSPS) is 20.0. The van der Waals surface area contributed by atoms with Crippen molar-refractivity contribution in [3.05, 3.63) is 0 Å². The van der Waals surface area contributed by atoms with E-state index < -0.39 is 0 Å². The molecule has 1 amide bonds. The Hall–Kier alpha value is -0.570. The van der Waals surface area contributed by atoms with Crippen LogP contribution in [0.2, 0.25) is 0 Å². The van der Waals surface area contributed by atoms with Crippen LogP contribution in [-0.2, 0) is 4.79 Å². The molecule has 1 fully saturated rings. The number of nitrogens with one attached hydrogen (secondary N) is 1. The van der Waals surface area contributed by atoms with Crippen LogP contribution in [0.15, 0.2) is 0 Å². The molecule has 0 bridgehead atoms. The highest BCUT2D eigenvalue weighted by Crippen LogP contribution is 2.08. The largest absolute Gasteiger partial charge is 0.357 e. The third kappa shape index (κ3) is 3.72. The Bertz CT molecular complexity index is 120. The highest BCUT2D eigenvalue weighted by molar-refractivity contribution is 5.45. The second-order valence-electron chi connectivity index (χ2n) is 3.33. The van der Waals surface area contributed by atoms with E-state index in [1.807, 2.05) is 0 Å². The van der Waals surface area contributed by atoms with Gasteiger partial charge < -0.3 is 10.2 Å². The number of hydrogen-bond acceptors (Lipinski definition) is 2. The number of carbonyl (C=O) groups is 1. The lowest BCUT2D eigenvalue weighted by Crippen LogP contribution is -2.32. The second kappa shape index (κ2) is 6.00. The Balaban J connectivity index is 2.07. The fourth-order valence-corrected chi connectivity index (χ4v) is 1.64. The molecule has 1 aliphatic heterocycles. The summed E-state index contributed by atoms with van der Waals surface area (Å²) in [6, 6.07) is 0. The van der Waals surface area contributed by atoms with Gasteiger partial charge in [0.05, 0.1) is 0 Å². The summed E-state index contributed by atoms with van der Waals surface area (Å²) in [4.78, 5) is 12.4. The predicted molar refractivity (Wildman–Crippen MR) is 49.0 cm³/mol. The Labute approximate surface area is 74.1 Å². The van der Waals surface area contributed by atoms with Gasteiger partial charge in [-0.2, -0.15) is 0 Å². The highest BCUT2D eigenvalue weighted by atomic mass is 16.1. The summed E-state index contributed by atoms with van der Waals surface area (Å²) in [5, 5.41) is 2.69. The molecule has 1 aliphatic rings. The van der Waals surface area contributed by atoms with Crippen molar-refractivity contribution in [2.75, 3.05) is 26.2 Å². The molecule has 0 unspecified atom stereocenters. The molecule has 0 saturated carbocycles. The molecular formula is C9H18N2O. The van der Waals surface area contributed by atoms with Gasteiger partial charge in [0.2, 0.25) is 6.41 Å². The van der Waals surface area contributed by atoms with E-state index >= 15 is 0 Å². The van der Waals surface area contributed by atoms with E-state index in [1.54, 1.807) is 0 Å². The number of carbonyl (C=O) groups excluding carboxylic acids is 1. The first-order valence-electron chi connectivity index (χ1n) is 4.83. The Morgan fingerprint density at radius 1 is 1.17 bits per heavy atom. The molecule has 1 rings (SSSR count). The molecule has 1 heterocycles. The summed E-state index contributed by atoms with van der Waals surface area (Å²) in [5.41, 5.74) is 0. The molecule has 0 radical (unpaired) electrons. The third-order valence-electron chi connectivity index (χ3n) is 2.35. The molecule has 1 saturated heterocycles. The zero-order valence-corrected chi connectivity index (χ0v) is 7.59. The quantitative estimate of drug-likeness (QED) is 0.495. The van der Waals surface area contributed by atoms with Crippen molar-refractivity contribution in [1.29, 1.82) is 0 Å². The number of hydrogen-bond donors (Lipinski definition) is 1. The smallest absolute Gasteiger partial charge is 0.207 e. The van der Waals surface area contributed by atoms with Crippen LogP contribution < -0.4 is 5.32 Å². The van der Waals surface area contributed by atoms with Crippen molar-refractivity contribution < 1.29 is 4.79 Å². The van der Waals surface area contributed by atoms with Gasteiger partial charge in [-0.3, -0.25) is 4.79 Å². The summed E-state index contributed by atoms with van der Waals surface area (Å²) in [7, 11) is 0. The van der Waals surface area contributed by atoms with Gasteiger partial charge in [0.15, 0.2) is 0 Å². The number of amides is 1. The van der Waals surface area contributed by atoms with Gasteiger partial charge >= 0.3 is 0 Å². The first kappa shape index (κ1) is 9.52. The summed E-state index contributed by atoms with van der Waals surface area (Å²) in [6.07, 6.45) is 6.16. The van der Waals surface area contributed by atoms with Crippen LogP contribution in [0.3, 0.4) is 0 Å². The Morgan fingerprint density at radius 2 is 1.83 bits per heavy atom. The number of likely N-dealkylation sites (tertiary alicyclic amines) is 1. The van der Waals surface area contributed by atoms with Crippen LogP contribution >= 0.6 is 0 Å². The van der Waals surface area contributed by atoms with Gasteiger partial charge in [-0.05, 0) is 25.9 Å². The molecule has 0 aromatic rings. The SMILES string of the molecule is O=CNCCN1CCCCCC1. The topological polar surface area (TPSA) is 32.3 Å². The van der Waals surface area contributed by atoms with E-state index in [-0.39, 0.29) is 0 Å². The minimum Gasteiger partial charge on any atom is -0.357 e. The lowest BCUT2D eigenvalue weighted by Gasteiger charge is -2.18. The lowest BCUT2D eigenvalue weighted by atomic mass is 10.2. The fraction of sp³-hybridized carbons (Fsp3) is 0.889. The van der Waals surface area contributed by atoms with Gasteiger partial charge in [-0.25, -0.2) is 0 Å². The number of rotatable bonds is 4. The van der Waals surface area contributed by atoms with Gasteiger partial charge in [0, 0.05) is 13.1 Å². The van der Waals surface area contributed by atoms with Gasteiger partial charge in [0.1, 0.15) is 0 Å². The first-order valence-corrected chi connectivity index (χ1v) is 4.83. The molecule has 3 nitrogen and oxygen atoms in total. The maximum Gasteiger partial charge on any atom is 0.207 e. The fourth-order valence-electron chi connectivity index (χ4n) is 1.64. The zero-order chi connectivity index (χ0) is 8.65. The zero-order valence-electron chi connectivity index (χ0n) is 7.59. The summed E-state index contributed by atoms with van der Waals surface area (Å²) >= 11 is 0. The van der Waals surface area contributed by atoms with Crippen molar-refractivity contribution in [1.82, 2.24) is 10.2 Å². The Morgan fingerprint density at radius 3 is 2.42 bits per heavy atom. The molecule has 3 heteroatoms. The Kier molecular flexibility index (Phi) is 4.76. The number of nitrogens with zero attached hydrogens (tertiary/aromatic N) is 1. The molecule has 1 N–H and O–H groups in total. The summed E-state index contributed by atoms with van der Waals surface area (Å²) < 4.78 is 0. The van der Waals surface area contributed by atoms with E-state index in [1.165, 1.54) is 38.8 Å². The third-order valence-corrected chi connectivity index (χ3v) is 2.35. The van der Waals surface area contributed by atoms with E-state index in [9.17, 15) is 4.79 Å².